The van der Waals surface area contributed by atoms with Crippen molar-refractivity contribution in [1.29, 1.82) is 0 Å². The Balaban J connectivity index is 2.53. The topological polar surface area (TPSA) is 60.2 Å². The summed E-state index contributed by atoms with van der Waals surface area (Å²) in [6, 6.07) is 3.73. The Labute approximate surface area is 91.7 Å². The molecule has 2 rings (SSSR count). The first-order valence-electron chi connectivity index (χ1n) is 4.38. The fourth-order valence-electron chi connectivity index (χ4n) is 1.30. The molecule has 0 fully saturated rings. The van der Waals surface area contributed by atoms with E-state index in [1.165, 1.54) is 24.6 Å². The van der Waals surface area contributed by atoms with Gasteiger partial charge in [0.05, 0.1) is 6.20 Å². The Hall–Kier alpha value is -1.69. The van der Waals surface area contributed by atoms with Crippen molar-refractivity contribution in [3.05, 3.63) is 36.5 Å². The van der Waals surface area contributed by atoms with Crippen molar-refractivity contribution < 1.29 is 17.2 Å². The highest BCUT2D eigenvalue weighted by molar-refractivity contribution is 7.90. The summed E-state index contributed by atoms with van der Waals surface area (Å²) in [6.45, 7) is 0. The Bertz CT molecular complexity index is 605. The molecule has 0 bridgehead atoms. The van der Waals surface area contributed by atoms with Crippen molar-refractivity contribution >= 4 is 9.84 Å². The zero-order chi connectivity index (χ0) is 11.8. The summed E-state index contributed by atoms with van der Waals surface area (Å²) in [5.41, 5.74) is 0.398. The minimum absolute atomic E-state index is 0.249. The number of benzene rings is 1. The van der Waals surface area contributed by atoms with Gasteiger partial charge in [-0.1, -0.05) is 0 Å². The van der Waals surface area contributed by atoms with Gasteiger partial charge in [0.2, 0.25) is 5.89 Å². The third kappa shape index (κ3) is 1.96. The fraction of sp³-hybridized carbons (Fsp3) is 0.100. The standard InChI is InChI=1S/C10H8FNO3S/c1-16(13,14)9-3-2-7(6-8(9)11)10-12-4-5-15-10/h2-6H,1H3. The lowest BCUT2D eigenvalue weighted by atomic mass is 10.2. The highest BCUT2D eigenvalue weighted by Crippen LogP contribution is 2.22. The van der Waals surface area contributed by atoms with Crippen LogP contribution in [0, 0.1) is 5.82 Å². The molecule has 0 atom stereocenters. The maximum absolute atomic E-state index is 13.5. The van der Waals surface area contributed by atoms with E-state index in [0.29, 0.717) is 5.56 Å². The van der Waals surface area contributed by atoms with Crippen LogP contribution in [-0.2, 0) is 9.84 Å². The van der Waals surface area contributed by atoms with E-state index in [9.17, 15) is 12.8 Å². The molecular formula is C10H8FNO3S. The lowest BCUT2D eigenvalue weighted by molar-refractivity contribution is 0.562. The van der Waals surface area contributed by atoms with Crippen LogP contribution in [0.25, 0.3) is 11.5 Å². The van der Waals surface area contributed by atoms with E-state index in [4.69, 9.17) is 4.42 Å². The highest BCUT2D eigenvalue weighted by atomic mass is 32.2. The Morgan fingerprint density at radius 2 is 2.12 bits per heavy atom. The average molecular weight is 241 g/mol. The summed E-state index contributed by atoms with van der Waals surface area (Å²) >= 11 is 0. The molecule has 0 spiro atoms. The Morgan fingerprint density at radius 3 is 2.62 bits per heavy atom. The summed E-state index contributed by atoms with van der Waals surface area (Å²) < 4.78 is 40.8. The third-order valence-corrected chi connectivity index (χ3v) is 3.14. The van der Waals surface area contributed by atoms with E-state index in [-0.39, 0.29) is 10.8 Å². The number of rotatable bonds is 2. The molecule has 2 aromatic rings. The first-order chi connectivity index (χ1) is 7.48. The molecule has 4 nitrogen and oxygen atoms in total. The molecule has 0 amide bonds. The van der Waals surface area contributed by atoms with Crippen LogP contribution in [0.3, 0.4) is 0 Å². The number of oxazole rings is 1. The van der Waals surface area contributed by atoms with Crippen LogP contribution in [0.1, 0.15) is 0 Å². The summed E-state index contributed by atoms with van der Waals surface area (Å²) in [4.78, 5) is 3.51. The predicted octanol–water partition coefficient (Wildman–Crippen LogP) is 1.88. The number of halogens is 1. The van der Waals surface area contributed by atoms with Crippen molar-refractivity contribution in [2.45, 2.75) is 4.90 Å². The smallest absolute Gasteiger partial charge is 0.225 e. The maximum Gasteiger partial charge on any atom is 0.225 e. The van der Waals surface area contributed by atoms with Gasteiger partial charge in [0.1, 0.15) is 17.0 Å². The second-order valence-corrected chi connectivity index (χ2v) is 5.24. The Morgan fingerprint density at radius 1 is 1.38 bits per heavy atom. The molecule has 1 aromatic heterocycles. The SMILES string of the molecule is CS(=O)(=O)c1ccc(-c2ncco2)cc1F. The molecule has 6 heteroatoms. The molecule has 0 unspecified atom stereocenters. The molecule has 1 aromatic carbocycles. The fourth-order valence-corrected chi connectivity index (χ4v) is 2.03. The second-order valence-electron chi connectivity index (χ2n) is 3.25. The van der Waals surface area contributed by atoms with Gasteiger partial charge in [-0.25, -0.2) is 17.8 Å². The van der Waals surface area contributed by atoms with Gasteiger partial charge < -0.3 is 4.42 Å². The van der Waals surface area contributed by atoms with Gasteiger partial charge in [-0.2, -0.15) is 0 Å². The van der Waals surface area contributed by atoms with E-state index in [1.54, 1.807) is 0 Å². The van der Waals surface area contributed by atoms with Crippen molar-refractivity contribution in [2.24, 2.45) is 0 Å². The summed E-state index contributed by atoms with van der Waals surface area (Å²) in [7, 11) is -3.55. The van der Waals surface area contributed by atoms with Crippen LogP contribution in [0.5, 0.6) is 0 Å². The molecule has 0 aliphatic carbocycles. The van der Waals surface area contributed by atoms with Gasteiger partial charge in [-0.05, 0) is 18.2 Å². The van der Waals surface area contributed by atoms with Crippen LogP contribution >= 0.6 is 0 Å². The molecule has 16 heavy (non-hydrogen) atoms. The largest absolute Gasteiger partial charge is 0.445 e. The van der Waals surface area contributed by atoms with Crippen LogP contribution in [-0.4, -0.2) is 19.7 Å². The van der Waals surface area contributed by atoms with Gasteiger partial charge in [0.15, 0.2) is 9.84 Å². The van der Waals surface area contributed by atoms with Crippen LogP contribution in [0.15, 0.2) is 40.0 Å². The van der Waals surface area contributed by atoms with Crippen molar-refractivity contribution in [1.82, 2.24) is 4.98 Å². The average Bonchev–Trinajstić information content (AvgIpc) is 2.68. The van der Waals surface area contributed by atoms with Crippen LogP contribution in [0.4, 0.5) is 4.39 Å². The van der Waals surface area contributed by atoms with Gasteiger partial charge in [0.25, 0.3) is 0 Å². The van der Waals surface area contributed by atoms with Crippen LogP contribution in [0.2, 0.25) is 0 Å². The predicted molar refractivity (Wildman–Crippen MR) is 55.0 cm³/mol. The minimum atomic E-state index is -3.55. The zero-order valence-corrected chi connectivity index (χ0v) is 9.16. The van der Waals surface area contributed by atoms with Crippen molar-refractivity contribution in [2.75, 3.05) is 6.26 Å². The zero-order valence-electron chi connectivity index (χ0n) is 8.34. The van der Waals surface area contributed by atoms with Gasteiger partial charge >= 0.3 is 0 Å². The van der Waals surface area contributed by atoms with E-state index in [0.717, 1.165) is 12.3 Å². The summed E-state index contributed by atoms with van der Waals surface area (Å²) in [5, 5.41) is 0. The molecule has 84 valence electrons. The first kappa shape index (κ1) is 10.8. The quantitative estimate of drug-likeness (QED) is 0.805. The van der Waals surface area contributed by atoms with Gasteiger partial charge in [0, 0.05) is 11.8 Å². The number of sulfone groups is 1. The van der Waals surface area contributed by atoms with E-state index < -0.39 is 15.7 Å². The lowest BCUT2D eigenvalue weighted by Gasteiger charge is -2.01. The Kier molecular flexibility index (Phi) is 2.51. The molecule has 0 saturated heterocycles. The third-order valence-electron chi connectivity index (χ3n) is 2.01. The van der Waals surface area contributed by atoms with Crippen molar-refractivity contribution in [3.8, 4) is 11.5 Å². The van der Waals surface area contributed by atoms with Gasteiger partial charge in [-0.15, -0.1) is 0 Å². The monoisotopic (exact) mass is 241 g/mol. The molecular weight excluding hydrogens is 233 g/mol. The van der Waals surface area contributed by atoms with E-state index >= 15 is 0 Å². The minimum Gasteiger partial charge on any atom is -0.445 e. The second kappa shape index (κ2) is 3.71. The lowest BCUT2D eigenvalue weighted by Crippen LogP contribution is -2.00. The maximum atomic E-state index is 13.5. The summed E-state index contributed by atoms with van der Waals surface area (Å²) in [5.74, 6) is -0.558. The van der Waals surface area contributed by atoms with Crippen LogP contribution < -0.4 is 0 Å². The molecule has 0 saturated carbocycles. The molecule has 0 aliphatic heterocycles. The molecule has 0 radical (unpaired) electrons. The molecule has 0 aliphatic rings. The first-order valence-corrected chi connectivity index (χ1v) is 6.27. The van der Waals surface area contributed by atoms with Gasteiger partial charge in [-0.3, -0.25) is 0 Å². The van der Waals surface area contributed by atoms with Crippen molar-refractivity contribution in [3.63, 3.8) is 0 Å². The molecule has 1 heterocycles. The number of aromatic nitrogens is 1. The highest BCUT2D eigenvalue weighted by Gasteiger charge is 2.15. The summed E-state index contributed by atoms with van der Waals surface area (Å²) in [6.07, 6.45) is 3.74. The number of hydrogen-bond donors (Lipinski definition) is 0. The number of nitrogens with zero attached hydrogens (tertiary/aromatic N) is 1. The normalized spacial score (nSPS) is 11.6. The van der Waals surface area contributed by atoms with E-state index in [2.05, 4.69) is 4.98 Å². The van der Waals surface area contributed by atoms with E-state index in [1.807, 2.05) is 0 Å². The number of hydrogen-bond acceptors (Lipinski definition) is 4. The molecule has 0 N–H and O–H groups in total.